The van der Waals surface area contributed by atoms with Crippen molar-refractivity contribution in [3.05, 3.63) is 5.51 Å². The minimum absolute atomic E-state index is 0.0336. The van der Waals surface area contributed by atoms with E-state index in [0.717, 1.165) is 12.8 Å². The maximum atomic E-state index is 13.0. The SMILES string of the molecule is CCOC(=O)C1CCCN(C(=O)C(C)N2CCC(C(=O)Nc3nncs3)CC2)C1. The first-order chi connectivity index (χ1) is 14.0. The van der Waals surface area contributed by atoms with Gasteiger partial charge in [-0.1, -0.05) is 11.3 Å². The first kappa shape index (κ1) is 21.6. The summed E-state index contributed by atoms with van der Waals surface area (Å²) in [6.45, 7) is 6.57. The summed E-state index contributed by atoms with van der Waals surface area (Å²) in [5, 5.41) is 10.9. The average Bonchev–Trinajstić information content (AvgIpc) is 3.26. The smallest absolute Gasteiger partial charge is 0.310 e. The van der Waals surface area contributed by atoms with E-state index in [9.17, 15) is 14.4 Å². The monoisotopic (exact) mass is 423 g/mol. The maximum absolute atomic E-state index is 13.0. The molecule has 160 valence electrons. The molecule has 1 aromatic rings. The molecule has 3 rings (SSSR count). The third kappa shape index (κ3) is 5.51. The minimum Gasteiger partial charge on any atom is -0.466 e. The lowest BCUT2D eigenvalue weighted by atomic mass is 9.94. The second-order valence-electron chi connectivity index (χ2n) is 7.59. The fraction of sp³-hybridized carbons (Fsp3) is 0.737. The largest absolute Gasteiger partial charge is 0.466 e. The molecule has 0 aromatic carbocycles. The van der Waals surface area contributed by atoms with Gasteiger partial charge in [0, 0.05) is 19.0 Å². The Morgan fingerprint density at radius 3 is 2.66 bits per heavy atom. The number of anilines is 1. The van der Waals surface area contributed by atoms with Crippen LogP contribution in [0.1, 0.15) is 39.5 Å². The van der Waals surface area contributed by atoms with Crippen LogP contribution in [-0.4, -0.2) is 76.6 Å². The standard InChI is InChI=1S/C19H29N5O4S/c1-3-28-18(27)15-5-4-8-24(11-15)17(26)13(2)23-9-6-14(7-10-23)16(25)21-19-22-20-12-29-19/h12-15H,3-11H2,1-2H3,(H,21,22,25). The topological polar surface area (TPSA) is 105 Å². The molecule has 2 saturated heterocycles. The predicted molar refractivity (Wildman–Crippen MR) is 108 cm³/mol. The van der Waals surface area contributed by atoms with E-state index in [1.807, 2.05) is 6.92 Å². The molecule has 2 atom stereocenters. The molecule has 2 fully saturated rings. The van der Waals surface area contributed by atoms with Crippen LogP contribution in [0, 0.1) is 11.8 Å². The van der Waals surface area contributed by atoms with E-state index in [4.69, 9.17) is 4.74 Å². The van der Waals surface area contributed by atoms with Gasteiger partial charge >= 0.3 is 5.97 Å². The molecule has 0 saturated carbocycles. The molecule has 0 spiro atoms. The number of likely N-dealkylation sites (tertiary alicyclic amines) is 2. The molecular weight excluding hydrogens is 394 g/mol. The molecular formula is C19H29N5O4S. The minimum atomic E-state index is -0.261. The van der Waals surface area contributed by atoms with Crippen molar-refractivity contribution in [2.24, 2.45) is 11.8 Å². The van der Waals surface area contributed by atoms with Gasteiger partial charge < -0.3 is 15.0 Å². The van der Waals surface area contributed by atoms with Crippen LogP contribution in [0.25, 0.3) is 0 Å². The Morgan fingerprint density at radius 2 is 2.00 bits per heavy atom. The second kappa shape index (κ2) is 10.1. The second-order valence-corrected chi connectivity index (χ2v) is 8.43. The van der Waals surface area contributed by atoms with Crippen LogP contribution in [-0.2, 0) is 19.1 Å². The van der Waals surface area contributed by atoms with Crippen molar-refractivity contribution in [1.29, 1.82) is 0 Å². The number of rotatable bonds is 6. The number of nitrogens with zero attached hydrogens (tertiary/aromatic N) is 4. The number of piperidine rings is 2. The molecule has 2 amide bonds. The van der Waals surface area contributed by atoms with E-state index in [-0.39, 0.29) is 35.7 Å². The predicted octanol–water partition coefficient (Wildman–Crippen LogP) is 1.38. The number of carbonyl (C=O) groups is 3. The van der Waals surface area contributed by atoms with E-state index in [1.54, 1.807) is 17.3 Å². The highest BCUT2D eigenvalue weighted by Crippen LogP contribution is 2.24. The van der Waals surface area contributed by atoms with Crippen LogP contribution in [0.2, 0.25) is 0 Å². The zero-order valence-electron chi connectivity index (χ0n) is 17.0. The summed E-state index contributed by atoms with van der Waals surface area (Å²) in [7, 11) is 0. The van der Waals surface area contributed by atoms with Gasteiger partial charge in [-0.15, -0.1) is 10.2 Å². The van der Waals surface area contributed by atoms with E-state index in [0.29, 0.717) is 50.8 Å². The molecule has 0 bridgehead atoms. The van der Waals surface area contributed by atoms with Crippen molar-refractivity contribution in [2.45, 2.75) is 45.6 Å². The van der Waals surface area contributed by atoms with E-state index in [2.05, 4.69) is 20.4 Å². The number of nitrogens with one attached hydrogen (secondary N) is 1. The molecule has 10 heteroatoms. The number of esters is 1. The zero-order chi connectivity index (χ0) is 20.8. The van der Waals surface area contributed by atoms with Gasteiger partial charge in [0.1, 0.15) is 5.51 Å². The van der Waals surface area contributed by atoms with Gasteiger partial charge in [0.25, 0.3) is 0 Å². The Bertz CT molecular complexity index is 705. The normalized spacial score (nSPS) is 22.1. The molecule has 2 aliphatic rings. The Labute approximate surface area is 174 Å². The average molecular weight is 424 g/mol. The highest BCUT2D eigenvalue weighted by molar-refractivity contribution is 7.13. The fourth-order valence-electron chi connectivity index (χ4n) is 4.03. The summed E-state index contributed by atoms with van der Waals surface area (Å²) < 4.78 is 5.13. The van der Waals surface area contributed by atoms with Crippen LogP contribution >= 0.6 is 11.3 Å². The Hall–Kier alpha value is -2.07. The van der Waals surface area contributed by atoms with E-state index in [1.165, 1.54) is 11.3 Å². The van der Waals surface area contributed by atoms with Gasteiger partial charge in [-0.2, -0.15) is 0 Å². The van der Waals surface area contributed by atoms with Crippen LogP contribution in [0.4, 0.5) is 5.13 Å². The van der Waals surface area contributed by atoms with Gasteiger partial charge in [0.2, 0.25) is 16.9 Å². The van der Waals surface area contributed by atoms with Crippen molar-refractivity contribution in [3.8, 4) is 0 Å². The van der Waals surface area contributed by atoms with Crippen LogP contribution < -0.4 is 5.32 Å². The summed E-state index contributed by atoms with van der Waals surface area (Å²) in [5.74, 6) is -0.500. The van der Waals surface area contributed by atoms with Crippen LogP contribution in [0.3, 0.4) is 0 Å². The van der Waals surface area contributed by atoms with Crippen molar-refractivity contribution in [2.75, 3.05) is 38.1 Å². The summed E-state index contributed by atoms with van der Waals surface area (Å²) >= 11 is 1.30. The van der Waals surface area contributed by atoms with Crippen LogP contribution in [0.5, 0.6) is 0 Å². The van der Waals surface area contributed by atoms with Gasteiger partial charge in [-0.05, 0) is 52.6 Å². The molecule has 2 unspecified atom stereocenters. The first-order valence-electron chi connectivity index (χ1n) is 10.3. The highest BCUT2D eigenvalue weighted by Gasteiger charge is 2.35. The molecule has 1 aromatic heterocycles. The molecule has 3 heterocycles. The van der Waals surface area contributed by atoms with Crippen molar-refractivity contribution >= 4 is 34.3 Å². The van der Waals surface area contributed by atoms with Crippen LogP contribution in [0.15, 0.2) is 5.51 Å². The summed E-state index contributed by atoms with van der Waals surface area (Å²) in [6.07, 6.45) is 2.99. The van der Waals surface area contributed by atoms with Gasteiger partial charge in [0.15, 0.2) is 0 Å². The number of amides is 2. The number of carbonyl (C=O) groups excluding carboxylic acids is 3. The molecule has 2 aliphatic heterocycles. The number of ether oxygens (including phenoxy) is 1. The number of hydrogen-bond donors (Lipinski definition) is 1. The number of aromatic nitrogens is 2. The van der Waals surface area contributed by atoms with E-state index < -0.39 is 0 Å². The highest BCUT2D eigenvalue weighted by atomic mass is 32.1. The lowest BCUT2D eigenvalue weighted by molar-refractivity contribution is -0.152. The molecule has 1 N–H and O–H groups in total. The summed E-state index contributed by atoms with van der Waals surface area (Å²) in [4.78, 5) is 41.3. The Balaban J connectivity index is 1.48. The number of hydrogen-bond acceptors (Lipinski definition) is 8. The fourth-order valence-corrected chi connectivity index (χ4v) is 4.48. The van der Waals surface area contributed by atoms with Crippen molar-refractivity contribution < 1.29 is 19.1 Å². The summed E-state index contributed by atoms with van der Waals surface area (Å²) in [5.41, 5.74) is 1.58. The zero-order valence-corrected chi connectivity index (χ0v) is 17.8. The van der Waals surface area contributed by atoms with Crippen molar-refractivity contribution in [1.82, 2.24) is 20.0 Å². The molecule has 0 aliphatic carbocycles. The molecule has 0 radical (unpaired) electrons. The van der Waals surface area contributed by atoms with Crippen molar-refractivity contribution in [3.63, 3.8) is 0 Å². The lowest BCUT2D eigenvalue weighted by Crippen LogP contribution is -2.53. The first-order valence-corrected chi connectivity index (χ1v) is 11.1. The molecule has 9 nitrogen and oxygen atoms in total. The third-order valence-corrected chi connectivity index (χ3v) is 6.36. The molecule has 29 heavy (non-hydrogen) atoms. The van der Waals surface area contributed by atoms with Gasteiger partial charge in [-0.25, -0.2) is 0 Å². The van der Waals surface area contributed by atoms with E-state index >= 15 is 0 Å². The maximum Gasteiger partial charge on any atom is 0.310 e. The third-order valence-electron chi connectivity index (χ3n) is 5.75. The lowest BCUT2D eigenvalue weighted by Gasteiger charge is -2.39. The Kier molecular flexibility index (Phi) is 7.54. The summed E-state index contributed by atoms with van der Waals surface area (Å²) in [6, 6.07) is -0.261. The quantitative estimate of drug-likeness (QED) is 0.689. The van der Waals surface area contributed by atoms with Gasteiger partial charge in [-0.3, -0.25) is 19.3 Å². The van der Waals surface area contributed by atoms with Gasteiger partial charge in [0.05, 0.1) is 18.6 Å². The Morgan fingerprint density at radius 1 is 1.24 bits per heavy atom.